The number of rotatable bonds is 3. The van der Waals surface area contributed by atoms with Crippen LogP contribution < -0.4 is 0 Å². The molecule has 1 aliphatic carbocycles. The minimum atomic E-state index is 0.370. The van der Waals surface area contributed by atoms with E-state index in [0.717, 1.165) is 12.6 Å². The SMILES string of the molecule is CN(Cc1cccc(O)c1)C1CCCCC1. The van der Waals surface area contributed by atoms with Crippen LogP contribution in [0.2, 0.25) is 0 Å². The second-order valence-corrected chi connectivity index (χ2v) is 4.88. The van der Waals surface area contributed by atoms with Crippen LogP contribution in [0.15, 0.2) is 24.3 Å². The van der Waals surface area contributed by atoms with Gasteiger partial charge in [0.1, 0.15) is 5.75 Å². The fourth-order valence-electron chi connectivity index (χ4n) is 2.59. The summed E-state index contributed by atoms with van der Waals surface area (Å²) in [5.74, 6) is 0.370. The van der Waals surface area contributed by atoms with E-state index < -0.39 is 0 Å². The van der Waals surface area contributed by atoms with Crippen LogP contribution in [-0.4, -0.2) is 23.1 Å². The van der Waals surface area contributed by atoms with Gasteiger partial charge in [-0.15, -0.1) is 0 Å². The van der Waals surface area contributed by atoms with Crippen molar-refractivity contribution in [2.75, 3.05) is 7.05 Å². The lowest BCUT2D eigenvalue weighted by Crippen LogP contribution is -2.32. The van der Waals surface area contributed by atoms with Gasteiger partial charge in [-0.05, 0) is 37.6 Å². The second kappa shape index (κ2) is 5.35. The Bertz CT molecular complexity index is 331. The molecular formula is C14H21NO. The number of phenols is 1. The van der Waals surface area contributed by atoms with Crippen LogP contribution in [0.3, 0.4) is 0 Å². The Balaban J connectivity index is 1.93. The molecule has 1 fully saturated rings. The van der Waals surface area contributed by atoms with Gasteiger partial charge < -0.3 is 5.11 Å². The van der Waals surface area contributed by atoms with Gasteiger partial charge in [-0.1, -0.05) is 31.4 Å². The Morgan fingerprint density at radius 1 is 1.25 bits per heavy atom. The maximum atomic E-state index is 9.42. The molecule has 1 aromatic carbocycles. The van der Waals surface area contributed by atoms with Gasteiger partial charge in [0.15, 0.2) is 0 Å². The van der Waals surface area contributed by atoms with E-state index in [1.807, 2.05) is 12.1 Å². The van der Waals surface area contributed by atoms with Crippen LogP contribution in [0, 0.1) is 0 Å². The molecule has 0 amide bonds. The Kier molecular flexibility index (Phi) is 3.83. The highest BCUT2D eigenvalue weighted by Crippen LogP contribution is 2.23. The lowest BCUT2D eigenvalue weighted by atomic mass is 9.94. The van der Waals surface area contributed by atoms with Gasteiger partial charge in [-0.3, -0.25) is 4.90 Å². The molecule has 0 atom stereocenters. The lowest BCUT2D eigenvalue weighted by molar-refractivity contribution is 0.184. The molecule has 0 aliphatic heterocycles. The van der Waals surface area contributed by atoms with Crippen molar-refractivity contribution in [3.05, 3.63) is 29.8 Å². The number of phenolic OH excluding ortho intramolecular Hbond substituents is 1. The first-order valence-electron chi connectivity index (χ1n) is 6.24. The van der Waals surface area contributed by atoms with Crippen LogP contribution in [-0.2, 0) is 6.54 Å². The Morgan fingerprint density at radius 2 is 2.00 bits per heavy atom. The normalized spacial score (nSPS) is 17.9. The predicted octanol–water partition coefficient (Wildman–Crippen LogP) is 3.16. The van der Waals surface area contributed by atoms with Crippen LogP contribution in [0.5, 0.6) is 5.75 Å². The van der Waals surface area contributed by atoms with Crippen LogP contribution in [0.4, 0.5) is 0 Å². The van der Waals surface area contributed by atoms with E-state index in [1.54, 1.807) is 6.07 Å². The molecule has 2 nitrogen and oxygen atoms in total. The van der Waals surface area contributed by atoms with E-state index in [0.29, 0.717) is 5.75 Å². The second-order valence-electron chi connectivity index (χ2n) is 4.88. The van der Waals surface area contributed by atoms with Crippen molar-refractivity contribution >= 4 is 0 Å². The summed E-state index contributed by atoms with van der Waals surface area (Å²) in [4.78, 5) is 2.42. The van der Waals surface area contributed by atoms with Crippen molar-refractivity contribution in [3.8, 4) is 5.75 Å². The van der Waals surface area contributed by atoms with E-state index in [4.69, 9.17) is 0 Å². The average Bonchev–Trinajstić information content (AvgIpc) is 2.30. The third kappa shape index (κ3) is 2.99. The minimum Gasteiger partial charge on any atom is -0.508 e. The number of nitrogens with zero attached hydrogens (tertiary/aromatic N) is 1. The summed E-state index contributed by atoms with van der Waals surface area (Å²) in [5, 5.41) is 9.42. The standard InChI is InChI=1S/C14H21NO/c1-15(13-7-3-2-4-8-13)11-12-6-5-9-14(16)10-12/h5-6,9-10,13,16H,2-4,7-8,11H2,1H3. The summed E-state index contributed by atoms with van der Waals surface area (Å²) < 4.78 is 0. The highest BCUT2D eigenvalue weighted by molar-refractivity contribution is 5.26. The first kappa shape index (κ1) is 11.5. The number of hydrogen-bond acceptors (Lipinski definition) is 2. The van der Waals surface area contributed by atoms with Crippen molar-refractivity contribution in [1.82, 2.24) is 4.90 Å². The number of hydrogen-bond donors (Lipinski definition) is 1. The topological polar surface area (TPSA) is 23.5 Å². The van der Waals surface area contributed by atoms with Gasteiger partial charge in [-0.25, -0.2) is 0 Å². The lowest BCUT2D eigenvalue weighted by Gasteiger charge is -2.31. The van der Waals surface area contributed by atoms with Crippen molar-refractivity contribution < 1.29 is 5.11 Å². The van der Waals surface area contributed by atoms with Gasteiger partial charge in [0.25, 0.3) is 0 Å². The highest BCUT2D eigenvalue weighted by Gasteiger charge is 2.17. The third-order valence-corrected chi connectivity index (χ3v) is 3.54. The van der Waals surface area contributed by atoms with Crippen LogP contribution in [0.1, 0.15) is 37.7 Å². The molecule has 0 bridgehead atoms. The molecule has 0 spiro atoms. The molecule has 2 rings (SSSR count). The molecule has 0 unspecified atom stereocenters. The molecule has 1 saturated carbocycles. The molecular weight excluding hydrogens is 198 g/mol. The third-order valence-electron chi connectivity index (χ3n) is 3.54. The van der Waals surface area contributed by atoms with Gasteiger partial charge in [-0.2, -0.15) is 0 Å². The molecule has 1 aliphatic rings. The predicted molar refractivity (Wildman–Crippen MR) is 66.4 cm³/mol. The van der Waals surface area contributed by atoms with E-state index in [2.05, 4.69) is 18.0 Å². The number of aromatic hydroxyl groups is 1. The molecule has 0 heterocycles. The van der Waals surface area contributed by atoms with Crippen LogP contribution in [0.25, 0.3) is 0 Å². The largest absolute Gasteiger partial charge is 0.508 e. The summed E-state index contributed by atoms with van der Waals surface area (Å²) in [7, 11) is 2.19. The molecule has 0 aromatic heterocycles. The minimum absolute atomic E-state index is 0.370. The Morgan fingerprint density at radius 3 is 2.69 bits per heavy atom. The summed E-state index contributed by atoms with van der Waals surface area (Å²) in [5.41, 5.74) is 1.20. The van der Waals surface area contributed by atoms with Crippen LogP contribution >= 0.6 is 0 Å². The Hall–Kier alpha value is -1.02. The molecule has 0 saturated heterocycles. The molecule has 1 aromatic rings. The fourth-order valence-corrected chi connectivity index (χ4v) is 2.59. The van der Waals surface area contributed by atoms with E-state index in [-0.39, 0.29) is 0 Å². The molecule has 1 N–H and O–H groups in total. The smallest absolute Gasteiger partial charge is 0.115 e. The monoisotopic (exact) mass is 219 g/mol. The summed E-state index contributed by atoms with van der Waals surface area (Å²) >= 11 is 0. The summed E-state index contributed by atoms with van der Waals surface area (Å²) in [6.45, 7) is 0.944. The molecule has 16 heavy (non-hydrogen) atoms. The van der Waals surface area contributed by atoms with Gasteiger partial charge >= 0.3 is 0 Å². The van der Waals surface area contributed by atoms with E-state index >= 15 is 0 Å². The van der Waals surface area contributed by atoms with Gasteiger partial charge in [0, 0.05) is 12.6 Å². The zero-order valence-corrected chi connectivity index (χ0v) is 10.0. The van der Waals surface area contributed by atoms with Crippen molar-refractivity contribution in [2.24, 2.45) is 0 Å². The first-order chi connectivity index (χ1) is 7.75. The van der Waals surface area contributed by atoms with Crippen molar-refractivity contribution in [3.63, 3.8) is 0 Å². The zero-order chi connectivity index (χ0) is 11.4. The Labute approximate surface area is 97.9 Å². The average molecular weight is 219 g/mol. The zero-order valence-electron chi connectivity index (χ0n) is 10.0. The number of benzene rings is 1. The summed E-state index contributed by atoms with van der Waals surface area (Å²) in [6, 6.07) is 8.32. The summed E-state index contributed by atoms with van der Waals surface area (Å²) in [6.07, 6.45) is 6.80. The molecule has 2 heteroatoms. The molecule has 0 radical (unpaired) electrons. The van der Waals surface area contributed by atoms with E-state index in [1.165, 1.54) is 37.7 Å². The maximum Gasteiger partial charge on any atom is 0.115 e. The van der Waals surface area contributed by atoms with Crippen molar-refractivity contribution in [1.29, 1.82) is 0 Å². The fraction of sp³-hybridized carbons (Fsp3) is 0.571. The molecule has 88 valence electrons. The van der Waals surface area contributed by atoms with Gasteiger partial charge in [0.2, 0.25) is 0 Å². The van der Waals surface area contributed by atoms with Gasteiger partial charge in [0.05, 0.1) is 0 Å². The van der Waals surface area contributed by atoms with E-state index in [9.17, 15) is 5.11 Å². The van der Waals surface area contributed by atoms with Crippen molar-refractivity contribution in [2.45, 2.75) is 44.7 Å². The first-order valence-corrected chi connectivity index (χ1v) is 6.24. The maximum absolute atomic E-state index is 9.42. The quantitative estimate of drug-likeness (QED) is 0.844. The highest BCUT2D eigenvalue weighted by atomic mass is 16.3.